The number of piperidine rings is 1. The molecule has 130 valence electrons. The van der Waals surface area contributed by atoms with Crippen molar-refractivity contribution in [2.24, 2.45) is 5.92 Å². The molecular formula is C19H25NO4. The van der Waals surface area contributed by atoms with Crippen molar-refractivity contribution in [3.05, 3.63) is 29.3 Å². The third-order valence-corrected chi connectivity index (χ3v) is 5.41. The lowest BCUT2D eigenvalue weighted by molar-refractivity contribution is -0.145. The molecule has 24 heavy (non-hydrogen) atoms. The second-order valence-electron chi connectivity index (χ2n) is 6.85. The fraction of sp³-hybridized carbons (Fsp3) is 0.579. The molecule has 0 bridgehead atoms. The number of methoxy groups -OCH3 is 1. The molecule has 5 nitrogen and oxygen atoms in total. The van der Waals surface area contributed by atoms with E-state index in [4.69, 9.17) is 9.84 Å². The third kappa shape index (κ3) is 3.55. The maximum absolute atomic E-state index is 12.6. The van der Waals surface area contributed by atoms with Crippen LogP contribution in [-0.2, 0) is 16.0 Å². The quantitative estimate of drug-likeness (QED) is 0.921. The molecule has 1 aromatic carbocycles. The Morgan fingerprint density at radius 1 is 1.25 bits per heavy atom. The van der Waals surface area contributed by atoms with Gasteiger partial charge >= 0.3 is 5.97 Å². The summed E-state index contributed by atoms with van der Waals surface area (Å²) in [6, 6.07) is 6.16. The smallest absolute Gasteiger partial charge is 0.306 e. The number of benzene rings is 1. The summed E-state index contributed by atoms with van der Waals surface area (Å²) in [4.78, 5) is 25.5. The summed E-state index contributed by atoms with van der Waals surface area (Å²) in [5.41, 5.74) is 2.57. The van der Waals surface area contributed by atoms with Crippen LogP contribution in [-0.4, -0.2) is 42.1 Å². The van der Waals surface area contributed by atoms with Crippen molar-refractivity contribution in [2.45, 2.75) is 44.4 Å². The van der Waals surface area contributed by atoms with Gasteiger partial charge in [-0.15, -0.1) is 0 Å². The van der Waals surface area contributed by atoms with E-state index in [0.717, 1.165) is 25.0 Å². The van der Waals surface area contributed by atoms with Crippen LogP contribution in [0.15, 0.2) is 18.2 Å². The molecule has 1 aromatic rings. The Labute approximate surface area is 142 Å². The number of carbonyl (C=O) groups is 2. The summed E-state index contributed by atoms with van der Waals surface area (Å²) >= 11 is 0. The van der Waals surface area contributed by atoms with Crippen LogP contribution in [0.1, 0.15) is 49.1 Å². The van der Waals surface area contributed by atoms with Crippen molar-refractivity contribution in [1.82, 2.24) is 4.90 Å². The summed E-state index contributed by atoms with van der Waals surface area (Å²) in [6.07, 6.45) is 4.84. The van der Waals surface area contributed by atoms with Gasteiger partial charge in [-0.25, -0.2) is 0 Å². The highest BCUT2D eigenvalue weighted by atomic mass is 16.5. The summed E-state index contributed by atoms with van der Waals surface area (Å²) in [7, 11) is 1.67. The van der Waals surface area contributed by atoms with Crippen LogP contribution in [0.4, 0.5) is 0 Å². The number of carbonyl (C=O) groups excluding carboxylic acids is 1. The van der Waals surface area contributed by atoms with Gasteiger partial charge in [0.15, 0.2) is 0 Å². The number of hydrogen-bond acceptors (Lipinski definition) is 3. The Bertz CT molecular complexity index is 620. The molecule has 0 aromatic heterocycles. The van der Waals surface area contributed by atoms with Crippen LogP contribution in [0.3, 0.4) is 0 Å². The normalized spacial score (nSPS) is 21.2. The first kappa shape index (κ1) is 16.8. The number of carboxylic acid groups (broad SMARTS) is 1. The molecule has 0 unspecified atom stereocenters. The van der Waals surface area contributed by atoms with Crippen molar-refractivity contribution in [1.29, 1.82) is 0 Å². The van der Waals surface area contributed by atoms with Gasteiger partial charge in [-0.05, 0) is 61.3 Å². The number of carboxylic acids is 1. The molecule has 1 fully saturated rings. The molecular weight excluding hydrogens is 306 g/mol. The third-order valence-electron chi connectivity index (χ3n) is 5.41. The lowest BCUT2D eigenvalue weighted by Gasteiger charge is -2.32. The second kappa shape index (κ2) is 7.24. The molecule has 1 amide bonds. The van der Waals surface area contributed by atoms with Gasteiger partial charge in [0.25, 0.3) is 0 Å². The number of aliphatic carboxylic acids is 1. The van der Waals surface area contributed by atoms with Crippen LogP contribution >= 0.6 is 0 Å². The first-order valence-corrected chi connectivity index (χ1v) is 8.76. The number of rotatable bonds is 4. The first-order valence-electron chi connectivity index (χ1n) is 8.76. The Kier molecular flexibility index (Phi) is 5.07. The fourth-order valence-electron chi connectivity index (χ4n) is 3.95. The summed E-state index contributed by atoms with van der Waals surface area (Å²) in [5, 5.41) is 9.06. The minimum absolute atomic E-state index is 0.160. The molecule has 1 atom stereocenters. The van der Waals surface area contributed by atoms with Gasteiger partial charge in [-0.1, -0.05) is 6.07 Å². The van der Waals surface area contributed by atoms with E-state index in [0.29, 0.717) is 32.4 Å². The molecule has 1 aliphatic carbocycles. The molecule has 1 saturated heterocycles. The number of aryl methyl sites for hydroxylation is 1. The minimum atomic E-state index is -0.739. The molecule has 0 radical (unpaired) electrons. The predicted octanol–water partition coefficient (Wildman–Crippen LogP) is 2.83. The van der Waals surface area contributed by atoms with Crippen molar-refractivity contribution in [2.75, 3.05) is 20.2 Å². The standard InChI is InChI=1S/C19H25NO4/c1-24-16-5-6-17-14(11-16)3-2-4-15(17)12-18(21)20-9-7-13(8-10-20)19(22)23/h5-6,11,13,15H,2-4,7-10,12H2,1H3,(H,22,23)/t15-/m1/s1. The Morgan fingerprint density at radius 2 is 2.00 bits per heavy atom. The van der Waals surface area contributed by atoms with E-state index in [2.05, 4.69) is 12.1 Å². The van der Waals surface area contributed by atoms with Gasteiger partial charge in [0.1, 0.15) is 5.75 Å². The summed E-state index contributed by atoms with van der Waals surface area (Å²) in [5.74, 6) is 0.266. The van der Waals surface area contributed by atoms with Gasteiger partial charge in [0, 0.05) is 19.5 Å². The van der Waals surface area contributed by atoms with E-state index < -0.39 is 5.97 Å². The zero-order valence-corrected chi connectivity index (χ0v) is 14.2. The van der Waals surface area contributed by atoms with Crippen LogP contribution in [0.5, 0.6) is 5.75 Å². The molecule has 1 heterocycles. The van der Waals surface area contributed by atoms with Gasteiger partial charge in [0.05, 0.1) is 13.0 Å². The zero-order valence-electron chi connectivity index (χ0n) is 14.2. The number of hydrogen-bond donors (Lipinski definition) is 1. The average Bonchev–Trinajstić information content (AvgIpc) is 2.61. The van der Waals surface area contributed by atoms with Gasteiger partial charge < -0.3 is 14.7 Å². The second-order valence-corrected chi connectivity index (χ2v) is 6.85. The summed E-state index contributed by atoms with van der Waals surface area (Å²) < 4.78 is 5.30. The molecule has 0 spiro atoms. The maximum atomic E-state index is 12.6. The van der Waals surface area contributed by atoms with Crippen molar-refractivity contribution in [3.63, 3.8) is 0 Å². The lowest BCUT2D eigenvalue weighted by Crippen LogP contribution is -2.40. The monoisotopic (exact) mass is 331 g/mol. The topological polar surface area (TPSA) is 66.8 Å². The number of nitrogens with zero attached hydrogens (tertiary/aromatic N) is 1. The summed E-state index contributed by atoms with van der Waals surface area (Å²) in [6.45, 7) is 1.13. The van der Waals surface area contributed by atoms with E-state index in [9.17, 15) is 9.59 Å². The highest BCUT2D eigenvalue weighted by molar-refractivity contribution is 5.78. The SMILES string of the molecule is COc1ccc2c(c1)CCC[C@@H]2CC(=O)N1CCC(C(=O)O)CC1. The molecule has 3 rings (SSSR count). The van der Waals surface area contributed by atoms with E-state index in [1.165, 1.54) is 11.1 Å². The van der Waals surface area contributed by atoms with Crippen molar-refractivity contribution >= 4 is 11.9 Å². The number of ether oxygens (including phenoxy) is 1. The van der Waals surface area contributed by atoms with E-state index in [1.54, 1.807) is 7.11 Å². The van der Waals surface area contributed by atoms with Crippen LogP contribution in [0, 0.1) is 5.92 Å². The Hall–Kier alpha value is -2.04. The van der Waals surface area contributed by atoms with Crippen LogP contribution < -0.4 is 4.74 Å². The van der Waals surface area contributed by atoms with Gasteiger partial charge in [0.2, 0.25) is 5.91 Å². The van der Waals surface area contributed by atoms with Crippen LogP contribution in [0.25, 0.3) is 0 Å². The number of amides is 1. The molecule has 0 saturated carbocycles. The minimum Gasteiger partial charge on any atom is -0.497 e. The fourth-order valence-corrected chi connectivity index (χ4v) is 3.95. The van der Waals surface area contributed by atoms with Gasteiger partial charge in [-0.2, -0.15) is 0 Å². The Balaban J connectivity index is 1.63. The van der Waals surface area contributed by atoms with Crippen molar-refractivity contribution in [3.8, 4) is 5.75 Å². The maximum Gasteiger partial charge on any atom is 0.306 e. The first-order chi connectivity index (χ1) is 11.6. The van der Waals surface area contributed by atoms with E-state index >= 15 is 0 Å². The van der Waals surface area contributed by atoms with Crippen molar-refractivity contribution < 1.29 is 19.4 Å². The largest absolute Gasteiger partial charge is 0.497 e. The van der Waals surface area contributed by atoms with E-state index in [-0.39, 0.29) is 17.7 Å². The molecule has 1 aliphatic heterocycles. The molecule has 2 aliphatic rings. The van der Waals surface area contributed by atoms with Gasteiger partial charge in [-0.3, -0.25) is 9.59 Å². The Morgan fingerprint density at radius 3 is 2.67 bits per heavy atom. The predicted molar refractivity (Wildman–Crippen MR) is 90.2 cm³/mol. The zero-order chi connectivity index (χ0) is 17.1. The highest BCUT2D eigenvalue weighted by Crippen LogP contribution is 2.36. The average molecular weight is 331 g/mol. The lowest BCUT2D eigenvalue weighted by atomic mass is 9.80. The van der Waals surface area contributed by atoms with E-state index in [1.807, 2.05) is 11.0 Å². The highest BCUT2D eigenvalue weighted by Gasteiger charge is 2.29. The van der Waals surface area contributed by atoms with Crippen LogP contribution in [0.2, 0.25) is 0 Å². The molecule has 5 heteroatoms. The number of fused-ring (bicyclic) bond motifs is 1. The molecule has 1 N–H and O–H groups in total. The number of likely N-dealkylation sites (tertiary alicyclic amines) is 1.